The lowest BCUT2D eigenvalue weighted by atomic mass is 10.1. The van der Waals surface area contributed by atoms with Crippen molar-refractivity contribution in [1.82, 2.24) is 9.97 Å². The summed E-state index contributed by atoms with van der Waals surface area (Å²) in [6.45, 7) is 2.10. The van der Waals surface area contributed by atoms with Gasteiger partial charge in [-0.3, -0.25) is 4.98 Å². The summed E-state index contributed by atoms with van der Waals surface area (Å²) in [5.41, 5.74) is 2.03. The highest BCUT2D eigenvalue weighted by atomic mass is 32.1. The molecule has 0 fully saturated rings. The van der Waals surface area contributed by atoms with Gasteiger partial charge in [-0.25, -0.2) is 4.98 Å². The van der Waals surface area contributed by atoms with Crippen molar-refractivity contribution in [2.75, 3.05) is 6.61 Å². The van der Waals surface area contributed by atoms with E-state index in [9.17, 15) is 0 Å². The molecular formula is C11H12N2OS. The molecule has 4 heteroatoms. The Bertz CT molecular complexity index is 427. The van der Waals surface area contributed by atoms with Crippen molar-refractivity contribution >= 4 is 11.3 Å². The Morgan fingerprint density at radius 3 is 2.80 bits per heavy atom. The second-order valence-electron chi connectivity index (χ2n) is 3.40. The molecular weight excluding hydrogens is 208 g/mol. The summed E-state index contributed by atoms with van der Waals surface area (Å²) in [7, 11) is 0. The summed E-state index contributed by atoms with van der Waals surface area (Å²) in [5.74, 6) is 0.108. The summed E-state index contributed by atoms with van der Waals surface area (Å²) in [4.78, 5) is 8.45. The van der Waals surface area contributed by atoms with E-state index in [1.165, 1.54) is 0 Å². The third-order valence-electron chi connectivity index (χ3n) is 2.23. The highest BCUT2D eigenvalue weighted by Gasteiger charge is 2.09. The van der Waals surface area contributed by atoms with Gasteiger partial charge < -0.3 is 5.11 Å². The van der Waals surface area contributed by atoms with Crippen molar-refractivity contribution in [2.24, 2.45) is 0 Å². The van der Waals surface area contributed by atoms with Crippen molar-refractivity contribution in [3.63, 3.8) is 0 Å². The third kappa shape index (κ3) is 2.22. The minimum Gasteiger partial charge on any atom is -0.396 e. The molecule has 15 heavy (non-hydrogen) atoms. The average molecular weight is 220 g/mol. The van der Waals surface area contributed by atoms with Gasteiger partial charge in [0.1, 0.15) is 5.01 Å². The molecule has 0 spiro atoms. The van der Waals surface area contributed by atoms with Crippen LogP contribution in [0.15, 0.2) is 29.9 Å². The molecule has 2 heterocycles. The third-order valence-corrected chi connectivity index (χ3v) is 3.14. The molecule has 3 nitrogen and oxygen atoms in total. The zero-order chi connectivity index (χ0) is 10.7. The number of aliphatic hydroxyl groups is 1. The van der Waals surface area contributed by atoms with E-state index in [-0.39, 0.29) is 12.5 Å². The largest absolute Gasteiger partial charge is 0.396 e. The Kier molecular flexibility index (Phi) is 3.08. The summed E-state index contributed by atoms with van der Waals surface area (Å²) in [6.07, 6.45) is 3.51. The fourth-order valence-corrected chi connectivity index (χ4v) is 2.18. The van der Waals surface area contributed by atoms with Crippen LogP contribution in [0, 0.1) is 0 Å². The van der Waals surface area contributed by atoms with Crippen LogP contribution >= 0.6 is 11.3 Å². The van der Waals surface area contributed by atoms with Crippen LogP contribution in [0.25, 0.3) is 10.6 Å². The SMILES string of the molecule is CC(CO)c1csc(-c2ccncc2)n1. The fraction of sp³-hybridized carbons (Fsp3) is 0.273. The van der Waals surface area contributed by atoms with Gasteiger partial charge in [-0.1, -0.05) is 6.92 Å². The van der Waals surface area contributed by atoms with Crippen LogP contribution < -0.4 is 0 Å². The van der Waals surface area contributed by atoms with E-state index in [2.05, 4.69) is 9.97 Å². The molecule has 1 N–H and O–H groups in total. The van der Waals surface area contributed by atoms with Gasteiger partial charge in [0.25, 0.3) is 0 Å². The number of aliphatic hydroxyl groups excluding tert-OH is 1. The van der Waals surface area contributed by atoms with Gasteiger partial charge in [-0.05, 0) is 12.1 Å². The molecule has 2 rings (SSSR count). The number of nitrogens with zero attached hydrogens (tertiary/aromatic N) is 2. The van der Waals surface area contributed by atoms with Gasteiger partial charge >= 0.3 is 0 Å². The van der Waals surface area contributed by atoms with Crippen LogP contribution in [-0.2, 0) is 0 Å². The Labute approximate surface area is 92.5 Å². The van der Waals surface area contributed by atoms with Crippen LogP contribution in [0.3, 0.4) is 0 Å². The number of aromatic nitrogens is 2. The van der Waals surface area contributed by atoms with Crippen LogP contribution in [-0.4, -0.2) is 21.7 Å². The standard InChI is InChI=1S/C11H12N2OS/c1-8(6-14)10-7-15-11(13-10)9-2-4-12-5-3-9/h2-5,7-8,14H,6H2,1H3. The van der Waals surface area contributed by atoms with Crippen molar-refractivity contribution in [3.05, 3.63) is 35.6 Å². The molecule has 0 saturated carbocycles. The van der Waals surface area contributed by atoms with Crippen LogP contribution in [0.2, 0.25) is 0 Å². The predicted octanol–water partition coefficient (Wildman–Crippen LogP) is 2.30. The number of hydrogen-bond donors (Lipinski definition) is 1. The van der Waals surface area contributed by atoms with Crippen molar-refractivity contribution in [1.29, 1.82) is 0 Å². The Hall–Kier alpha value is -1.26. The summed E-state index contributed by atoms with van der Waals surface area (Å²) in [5, 5.41) is 12.0. The van der Waals surface area contributed by atoms with Gasteiger partial charge in [-0.15, -0.1) is 11.3 Å². The molecule has 2 aromatic heterocycles. The first-order valence-electron chi connectivity index (χ1n) is 4.78. The Morgan fingerprint density at radius 1 is 1.40 bits per heavy atom. The van der Waals surface area contributed by atoms with E-state index in [0.717, 1.165) is 16.3 Å². The number of thiazole rings is 1. The zero-order valence-corrected chi connectivity index (χ0v) is 9.24. The van der Waals surface area contributed by atoms with E-state index >= 15 is 0 Å². The van der Waals surface area contributed by atoms with E-state index in [0.29, 0.717) is 0 Å². The van der Waals surface area contributed by atoms with Crippen LogP contribution in [0.5, 0.6) is 0 Å². The maximum absolute atomic E-state index is 9.02. The van der Waals surface area contributed by atoms with Gasteiger partial charge in [-0.2, -0.15) is 0 Å². The molecule has 0 aliphatic heterocycles. The first-order valence-corrected chi connectivity index (χ1v) is 5.66. The lowest BCUT2D eigenvalue weighted by molar-refractivity contribution is 0.271. The van der Waals surface area contributed by atoms with Crippen molar-refractivity contribution in [2.45, 2.75) is 12.8 Å². The highest BCUT2D eigenvalue weighted by Crippen LogP contribution is 2.26. The molecule has 2 aromatic rings. The van der Waals surface area contributed by atoms with Crippen molar-refractivity contribution in [3.8, 4) is 10.6 Å². The summed E-state index contributed by atoms with van der Waals surface area (Å²) in [6, 6.07) is 3.87. The summed E-state index contributed by atoms with van der Waals surface area (Å²) < 4.78 is 0. The second-order valence-corrected chi connectivity index (χ2v) is 4.26. The monoisotopic (exact) mass is 220 g/mol. The number of rotatable bonds is 3. The Balaban J connectivity index is 2.28. The zero-order valence-electron chi connectivity index (χ0n) is 8.42. The molecule has 0 aromatic carbocycles. The maximum Gasteiger partial charge on any atom is 0.123 e. The van der Waals surface area contributed by atoms with E-state index in [1.54, 1.807) is 23.7 Å². The molecule has 0 radical (unpaired) electrons. The van der Waals surface area contributed by atoms with Crippen LogP contribution in [0.4, 0.5) is 0 Å². The number of pyridine rings is 1. The predicted molar refractivity (Wildman–Crippen MR) is 60.8 cm³/mol. The summed E-state index contributed by atoms with van der Waals surface area (Å²) >= 11 is 1.60. The molecule has 0 bridgehead atoms. The molecule has 0 aliphatic rings. The van der Waals surface area contributed by atoms with E-state index < -0.39 is 0 Å². The van der Waals surface area contributed by atoms with Crippen molar-refractivity contribution < 1.29 is 5.11 Å². The molecule has 0 saturated heterocycles. The minimum atomic E-state index is 0.108. The molecule has 1 unspecified atom stereocenters. The van der Waals surface area contributed by atoms with Crippen LogP contribution in [0.1, 0.15) is 18.5 Å². The smallest absolute Gasteiger partial charge is 0.123 e. The van der Waals surface area contributed by atoms with Gasteiger partial charge in [0.2, 0.25) is 0 Å². The Morgan fingerprint density at radius 2 is 2.13 bits per heavy atom. The van der Waals surface area contributed by atoms with E-state index in [1.807, 2.05) is 24.4 Å². The first-order chi connectivity index (χ1) is 7.31. The fourth-order valence-electron chi connectivity index (χ4n) is 1.23. The van der Waals surface area contributed by atoms with Gasteiger partial charge in [0.05, 0.1) is 12.3 Å². The second kappa shape index (κ2) is 4.51. The number of hydrogen-bond acceptors (Lipinski definition) is 4. The molecule has 1 atom stereocenters. The first kappa shape index (κ1) is 10.3. The minimum absolute atomic E-state index is 0.108. The topological polar surface area (TPSA) is 46.0 Å². The van der Waals surface area contributed by atoms with E-state index in [4.69, 9.17) is 5.11 Å². The molecule has 0 aliphatic carbocycles. The lowest BCUT2D eigenvalue weighted by Gasteiger charge is -2.01. The lowest BCUT2D eigenvalue weighted by Crippen LogP contribution is -1.98. The van der Waals surface area contributed by atoms with Gasteiger partial charge in [0, 0.05) is 29.3 Å². The normalized spacial score (nSPS) is 12.7. The highest BCUT2D eigenvalue weighted by molar-refractivity contribution is 7.13. The maximum atomic E-state index is 9.02. The average Bonchev–Trinajstić information content (AvgIpc) is 2.78. The molecule has 78 valence electrons. The quantitative estimate of drug-likeness (QED) is 0.863. The molecule has 0 amide bonds. The van der Waals surface area contributed by atoms with Gasteiger partial charge in [0.15, 0.2) is 0 Å².